The van der Waals surface area contributed by atoms with Crippen LogP contribution in [-0.2, 0) is 24.3 Å². The molecule has 0 saturated carbocycles. The van der Waals surface area contributed by atoms with Gasteiger partial charge in [-0.3, -0.25) is 9.69 Å². The van der Waals surface area contributed by atoms with Gasteiger partial charge >= 0.3 is 0 Å². The van der Waals surface area contributed by atoms with E-state index in [0.29, 0.717) is 32.6 Å². The van der Waals surface area contributed by atoms with Gasteiger partial charge in [0.1, 0.15) is 13.2 Å². The van der Waals surface area contributed by atoms with Crippen LogP contribution in [0.2, 0.25) is 0 Å². The molecule has 2 heterocycles. The average molecular weight is 380 g/mol. The number of hydrogen-bond acceptors (Lipinski definition) is 4. The van der Waals surface area contributed by atoms with Gasteiger partial charge in [-0.05, 0) is 61.2 Å². The number of ether oxygens (including phenoxy) is 2. The largest absolute Gasteiger partial charge is 0.486 e. The van der Waals surface area contributed by atoms with E-state index in [1.165, 1.54) is 37.1 Å². The first-order chi connectivity index (χ1) is 13.8. The predicted octanol–water partition coefficient (Wildman–Crippen LogP) is 3.30. The summed E-state index contributed by atoms with van der Waals surface area (Å²) in [6.07, 6.45) is 3.74. The molecule has 5 nitrogen and oxygen atoms in total. The van der Waals surface area contributed by atoms with E-state index in [1.807, 2.05) is 24.3 Å². The molecule has 0 radical (unpaired) electrons. The molecule has 0 atom stereocenters. The fourth-order valence-corrected chi connectivity index (χ4v) is 3.85. The third kappa shape index (κ3) is 4.84. The number of carbonyl (C=O) groups is 1. The SMILES string of the molecule is O=C(CCc1ccc2c(c1)OCCO2)NCc1ccccc1CN1CCCC1. The summed E-state index contributed by atoms with van der Waals surface area (Å²) in [6.45, 7) is 5.08. The summed E-state index contributed by atoms with van der Waals surface area (Å²) in [6, 6.07) is 14.3. The van der Waals surface area contributed by atoms with Gasteiger partial charge in [-0.2, -0.15) is 0 Å². The number of nitrogens with zero attached hydrogens (tertiary/aromatic N) is 1. The number of likely N-dealkylation sites (tertiary alicyclic amines) is 1. The van der Waals surface area contributed by atoms with Gasteiger partial charge in [0.2, 0.25) is 5.91 Å². The van der Waals surface area contributed by atoms with Crippen LogP contribution >= 0.6 is 0 Å². The Kier molecular flexibility index (Phi) is 6.12. The van der Waals surface area contributed by atoms with Crippen molar-refractivity contribution in [2.45, 2.75) is 38.8 Å². The number of carbonyl (C=O) groups excluding carboxylic acids is 1. The zero-order valence-corrected chi connectivity index (χ0v) is 16.3. The van der Waals surface area contributed by atoms with E-state index in [2.05, 4.69) is 28.4 Å². The van der Waals surface area contributed by atoms with Crippen LogP contribution in [0.3, 0.4) is 0 Å². The molecule has 2 aromatic rings. The van der Waals surface area contributed by atoms with E-state index in [4.69, 9.17) is 9.47 Å². The second-order valence-electron chi connectivity index (χ2n) is 7.51. The summed E-state index contributed by atoms with van der Waals surface area (Å²) in [7, 11) is 0. The van der Waals surface area contributed by atoms with E-state index in [1.54, 1.807) is 0 Å². The number of amides is 1. The molecule has 1 saturated heterocycles. The Morgan fingerprint density at radius 3 is 2.54 bits per heavy atom. The average Bonchev–Trinajstić information content (AvgIpc) is 3.24. The molecule has 0 aliphatic carbocycles. The van der Waals surface area contributed by atoms with Gasteiger partial charge in [0, 0.05) is 19.5 Å². The number of aryl methyl sites for hydroxylation is 1. The van der Waals surface area contributed by atoms with Gasteiger partial charge in [-0.1, -0.05) is 30.3 Å². The second-order valence-corrected chi connectivity index (χ2v) is 7.51. The highest BCUT2D eigenvalue weighted by atomic mass is 16.6. The van der Waals surface area contributed by atoms with Gasteiger partial charge in [0.15, 0.2) is 11.5 Å². The maximum atomic E-state index is 12.4. The zero-order chi connectivity index (χ0) is 19.2. The Morgan fingerprint density at radius 1 is 0.964 bits per heavy atom. The molecule has 2 aromatic carbocycles. The molecule has 1 amide bonds. The highest BCUT2D eigenvalue weighted by Gasteiger charge is 2.14. The Labute approximate surface area is 166 Å². The Bertz CT molecular complexity index is 815. The molecule has 5 heteroatoms. The molecule has 28 heavy (non-hydrogen) atoms. The van der Waals surface area contributed by atoms with Crippen LogP contribution in [0.4, 0.5) is 0 Å². The minimum atomic E-state index is 0.0749. The van der Waals surface area contributed by atoms with E-state index in [-0.39, 0.29) is 5.91 Å². The van der Waals surface area contributed by atoms with Gasteiger partial charge in [-0.25, -0.2) is 0 Å². The van der Waals surface area contributed by atoms with Crippen LogP contribution in [0.25, 0.3) is 0 Å². The number of rotatable bonds is 7. The quantitative estimate of drug-likeness (QED) is 0.801. The third-order valence-electron chi connectivity index (χ3n) is 5.43. The standard InChI is InChI=1S/C23H28N2O3/c26-23(10-8-18-7-9-21-22(15-18)28-14-13-27-21)24-16-19-5-1-2-6-20(19)17-25-11-3-4-12-25/h1-2,5-7,9,15H,3-4,8,10-14,16-17H2,(H,24,26). The molecule has 148 valence electrons. The summed E-state index contributed by atoms with van der Waals surface area (Å²) in [5.74, 6) is 1.64. The van der Waals surface area contributed by atoms with E-state index >= 15 is 0 Å². The molecule has 0 bridgehead atoms. The van der Waals surface area contributed by atoms with Crippen LogP contribution in [0, 0.1) is 0 Å². The Hall–Kier alpha value is -2.53. The van der Waals surface area contributed by atoms with Crippen molar-refractivity contribution in [1.82, 2.24) is 10.2 Å². The van der Waals surface area contributed by atoms with E-state index in [9.17, 15) is 4.79 Å². The van der Waals surface area contributed by atoms with Crippen molar-refractivity contribution >= 4 is 5.91 Å². The van der Waals surface area contributed by atoms with E-state index in [0.717, 1.165) is 23.6 Å². The fraction of sp³-hybridized carbons (Fsp3) is 0.435. The second kappa shape index (κ2) is 9.11. The zero-order valence-electron chi connectivity index (χ0n) is 16.3. The lowest BCUT2D eigenvalue weighted by molar-refractivity contribution is -0.121. The lowest BCUT2D eigenvalue weighted by Gasteiger charge is -2.19. The van der Waals surface area contributed by atoms with Crippen molar-refractivity contribution in [2.75, 3.05) is 26.3 Å². The van der Waals surface area contributed by atoms with Crippen molar-refractivity contribution in [1.29, 1.82) is 0 Å². The van der Waals surface area contributed by atoms with Crippen LogP contribution in [0.1, 0.15) is 36.0 Å². The first kappa shape index (κ1) is 18.8. The highest BCUT2D eigenvalue weighted by Crippen LogP contribution is 2.31. The third-order valence-corrected chi connectivity index (χ3v) is 5.43. The molecule has 0 aromatic heterocycles. The number of fused-ring (bicyclic) bond motifs is 1. The number of benzene rings is 2. The molecule has 1 N–H and O–H groups in total. The molecule has 2 aliphatic rings. The first-order valence-corrected chi connectivity index (χ1v) is 10.2. The minimum Gasteiger partial charge on any atom is -0.486 e. The summed E-state index contributed by atoms with van der Waals surface area (Å²) >= 11 is 0. The molecular formula is C23H28N2O3. The minimum absolute atomic E-state index is 0.0749. The monoisotopic (exact) mass is 380 g/mol. The summed E-state index contributed by atoms with van der Waals surface area (Å²) in [5.41, 5.74) is 3.62. The fourth-order valence-electron chi connectivity index (χ4n) is 3.85. The molecule has 4 rings (SSSR count). The van der Waals surface area contributed by atoms with Gasteiger partial charge in [0.25, 0.3) is 0 Å². The summed E-state index contributed by atoms with van der Waals surface area (Å²) in [4.78, 5) is 14.8. The number of nitrogens with one attached hydrogen (secondary N) is 1. The van der Waals surface area contributed by atoms with Gasteiger partial charge in [0.05, 0.1) is 0 Å². The van der Waals surface area contributed by atoms with Crippen LogP contribution in [-0.4, -0.2) is 37.1 Å². The van der Waals surface area contributed by atoms with Crippen molar-refractivity contribution < 1.29 is 14.3 Å². The Morgan fingerprint density at radius 2 is 1.71 bits per heavy atom. The molecule has 1 fully saturated rings. The van der Waals surface area contributed by atoms with Crippen molar-refractivity contribution in [2.24, 2.45) is 0 Å². The lowest BCUT2D eigenvalue weighted by Crippen LogP contribution is -2.25. The summed E-state index contributed by atoms with van der Waals surface area (Å²) in [5, 5.41) is 3.08. The lowest BCUT2D eigenvalue weighted by atomic mass is 10.1. The normalized spacial score (nSPS) is 16.1. The van der Waals surface area contributed by atoms with Crippen molar-refractivity contribution in [3.8, 4) is 11.5 Å². The molecular weight excluding hydrogens is 352 g/mol. The predicted molar refractivity (Wildman–Crippen MR) is 109 cm³/mol. The maximum Gasteiger partial charge on any atom is 0.220 e. The summed E-state index contributed by atoms with van der Waals surface area (Å²) < 4.78 is 11.2. The molecule has 2 aliphatic heterocycles. The van der Waals surface area contributed by atoms with Gasteiger partial charge in [-0.15, -0.1) is 0 Å². The Balaban J connectivity index is 1.28. The van der Waals surface area contributed by atoms with Crippen molar-refractivity contribution in [3.63, 3.8) is 0 Å². The van der Waals surface area contributed by atoms with Crippen LogP contribution in [0.5, 0.6) is 11.5 Å². The number of hydrogen-bond donors (Lipinski definition) is 1. The smallest absolute Gasteiger partial charge is 0.220 e. The van der Waals surface area contributed by atoms with Crippen LogP contribution in [0.15, 0.2) is 42.5 Å². The molecule has 0 unspecified atom stereocenters. The molecule has 0 spiro atoms. The first-order valence-electron chi connectivity index (χ1n) is 10.2. The van der Waals surface area contributed by atoms with E-state index < -0.39 is 0 Å². The topological polar surface area (TPSA) is 50.8 Å². The highest BCUT2D eigenvalue weighted by molar-refractivity contribution is 5.76. The van der Waals surface area contributed by atoms with Crippen molar-refractivity contribution in [3.05, 3.63) is 59.2 Å². The maximum absolute atomic E-state index is 12.4. The van der Waals surface area contributed by atoms with Crippen LogP contribution < -0.4 is 14.8 Å². The van der Waals surface area contributed by atoms with Gasteiger partial charge < -0.3 is 14.8 Å².